The third kappa shape index (κ3) is 4.64. The maximum absolute atomic E-state index is 14.4. The van der Waals surface area contributed by atoms with Gasteiger partial charge in [0.1, 0.15) is 11.1 Å². The third-order valence-electron chi connectivity index (χ3n) is 5.28. The summed E-state index contributed by atoms with van der Waals surface area (Å²) in [6.07, 6.45) is -4.35. The highest BCUT2D eigenvalue weighted by atomic mass is 32.2. The van der Waals surface area contributed by atoms with Crippen LogP contribution in [0.15, 0.2) is 35.5 Å². The molecule has 1 aromatic carbocycles. The Bertz CT molecular complexity index is 1310. The average Bonchev–Trinajstić information content (AvgIpc) is 3.14. The Balaban J connectivity index is 2.12. The van der Waals surface area contributed by atoms with E-state index < -0.39 is 76.5 Å². The molecule has 2 aromatic rings. The Morgan fingerprint density at radius 2 is 2.09 bits per heavy atom. The van der Waals surface area contributed by atoms with Crippen molar-refractivity contribution < 1.29 is 44.5 Å². The van der Waals surface area contributed by atoms with E-state index in [4.69, 9.17) is 13.6 Å². The van der Waals surface area contributed by atoms with E-state index in [-0.39, 0.29) is 10.7 Å². The van der Waals surface area contributed by atoms with Crippen molar-refractivity contribution in [2.24, 2.45) is 0 Å². The summed E-state index contributed by atoms with van der Waals surface area (Å²) in [5.74, 6) is -4.83. The zero-order valence-electron chi connectivity index (χ0n) is 20.7. The maximum atomic E-state index is 14.4. The van der Waals surface area contributed by atoms with Crippen molar-refractivity contribution in [2.75, 3.05) is 37.2 Å². The molecule has 0 unspecified atom stereocenters. The van der Waals surface area contributed by atoms with Crippen molar-refractivity contribution >= 4 is 27.0 Å². The van der Waals surface area contributed by atoms with E-state index in [0.29, 0.717) is 11.0 Å². The molecule has 0 saturated carbocycles. The molecule has 0 spiro atoms. The van der Waals surface area contributed by atoms with Gasteiger partial charge in [0.25, 0.3) is 0 Å². The topological polar surface area (TPSA) is 105 Å². The summed E-state index contributed by atoms with van der Waals surface area (Å²) >= 11 is 0. The van der Waals surface area contributed by atoms with Crippen LogP contribution in [0.3, 0.4) is 0 Å². The quantitative estimate of drug-likeness (QED) is 0.575. The minimum atomic E-state index is -5.30. The number of aromatic nitrogens is 1. The monoisotopic (exact) mass is 511 g/mol. The molecule has 2 N–H and O–H groups in total. The summed E-state index contributed by atoms with van der Waals surface area (Å²) in [4.78, 5) is 17.7. The molecule has 3 atom stereocenters. The number of nitrogens with zero attached hydrogens (tertiary/aromatic N) is 2. The first-order chi connectivity index (χ1) is 16.9. The van der Waals surface area contributed by atoms with E-state index in [1.54, 1.807) is 0 Å². The number of carbonyl (C=O) groups excluding carboxylic acids is 1. The summed E-state index contributed by atoms with van der Waals surface area (Å²) in [5, 5.41) is 2.09. The van der Waals surface area contributed by atoms with E-state index in [2.05, 4.69) is 15.0 Å². The van der Waals surface area contributed by atoms with Crippen molar-refractivity contribution in [2.45, 2.75) is 29.3 Å². The third-order valence-corrected chi connectivity index (χ3v) is 6.31. The Morgan fingerprint density at radius 1 is 1.38 bits per heavy atom. The molecule has 2 heterocycles. The summed E-state index contributed by atoms with van der Waals surface area (Å²) < 4.78 is 122. The maximum Gasteiger partial charge on any atom is 0.419 e. The molecule has 3 rings (SSSR count). The number of anilines is 2. The number of methoxy groups -OCH3 is 2. The van der Waals surface area contributed by atoms with Crippen LogP contribution < -0.4 is 15.0 Å². The summed E-state index contributed by atoms with van der Waals surface area (Å²) in [7, 11) is -5.90. The van der Waals surface area contributed by atoms with Crippen LogP contribution in [-0.4, -0.2) is 59.9 Å². The minimum absolute atomic E-state index is 0.0738. The molecule has 34 heavy (non-hydrogen) atoms. The predicted molar refractivity (Wildman–Crippen MR) is 112 cm³/mol. The number of pyridine rings is 1. The fourth-order valence-electron chi connectivity index (χ4n) is 3.56. The van der Waals surface area contributed by atoms with Crippen LogP contribution in [-0.2, 0) is 19.3 Å². The molecule has 14 heteroatoms. The average molecular weight is 511 g/mol. The van der Waals surface area contributed by atoms with Crippen LogP contribution in [0.5, 0.6) is 5.75 Å². The zero-order valence-corrected chi connectivity index (χ0v) is 18.5. The van der Waals surface area contributed by atoms with Crippen molar-refractivity contribution in [1.82, 2.24) is 4.98 Å². The number of benzene rings is 1. The number of hydrogen-bond acceptors (Lipinski definition) is 7. The molecule has 0 radical (unpaired) electrons. The first-order valence-corrected chi connectivity index (χ1v) is 11.4. The first-order valence-electron chi connectivity index (χ1n) is 10.9. The van der Waals surface area contributed by atoms with Crippen LogP contribution >= 0.6 is 0 Å². The summed E-state index contributed by atoms with van der Waals surface area (Å²) in [6.45, 7) is -1.27. The Labute approximate surface area is 196 Å². The lowest BCUT2D eigenvalue weighted by Crippen LogP contribution is -2.49. The number of halogens is 5. The number of carbonyl (C=O) groups is 1. The van der Waals surface area contributed by atoms with Gasteiger partial charge in [-0.25, -0.2) is 18.4 Å². The van der Waals surface area contributed by atoms with Crippen molar-refractivity contribution in [3.63, 3.8) is 0 Å². The second-order valence-corrected chi connectivity index (χ2v) is 9.68. The highest BCUT2D eigenvalue weighted by Crippen LogP contribution is 2.47. The largest absolute Gasteiger partial charge is 0.491 e. The fraction of sp³-hybridized carbons (Fsp3) is 0.400. The number of ether oxygens (including phenoxy) is 2. The van der Waals surface area contributed by atoms with Gasteiger partial charge in [-0.15, -0.1) is 0 Å². The van der Waals surface area contributed by atoms with Crippen LogP contribution in [0, 0.1) is 16.4 Å². The molecule has 1 aromatic heterocycles. The van der Waals surface area contributed by atoms with E-state index in [1.165, 1.54) is 6.07 Å². The number of alkyl halides is 3. The van der Waals surface area contributed by atoms with Gasteiger partial charge < -0.3 is 19.7 Å². The number of rotatable bonds is 6. The lowest BCUT2D eigenvalue weighted by Gasteiger charge is -2.31. The lowest BCUT2D eigenvalue weighted by atomic mass is 9.99. The molecular formula is C20H21F5N4O4S. The second kappa shape index (κ2) is 8.98. The van der Waals surface area contributed by atoms with Gasteiger partial charge in [0.15, 0.2) is 17.2 Å². The molecule has 8 nitrogen and oxygen atoms in total. The number of nitrogens with one attached hydrogen (secondary N) is 2. The number of amides is 1. The Hall–Kier alpha value is -3.00. The second-order valence-electron chi connectivity index (χ2n) is 7.57. The SMILES string of the molecule is [2H]C([2H])([2H])O[C@]1(C(F)(F)F)C[C@@H](C(=O)Nc2ccnc([S@](C)(=N)=O)c2)N(c2ccc(F)c(F)c2OC)C1. The van der Waals surface area contributed by atoms with E-state index in [0.717, 1.165) is 31.7 Å². The van der Waals surface area contributed by atoms with Gasteiger partial charge in [-0.2, -0.15) is 17.6 Å². The van der Waals surface area contributed by atoms with Crippen molar-refractivity contribution in [1.29, 1.82) is 4.78 Å². The molecule has 1 fully saturated rings. The molecule has 1 aliphatic heterocycles. The van der Waals surface area contributed by atoms with Gasteiger partial charge >= 0.3 is 6.18 Å². The van der Waals surface area contributed by atoms with Crippen LogP contribution in [0.4, 0.5) is 33.3 Å². The van der Waals surface area contributed by atoms with Crippen LogP contribution in [0.25, 0.3) is 0 Å². The van der Waals surface area contributed by atoms with Crippen molar-refractivity contribution in [3.05, 3.63) is 42.1 Å². The molecule has 1 aliphatic rings. The van der Waals surface area contributed by atoms with Crippen LogP contribution in [0.1, 0.15) is 10.5 Å². The molecule has 0 aliphatic carbocycles. The van der Waals surface area contributed by atoms with E-state index in [9.17, 15) is 31.0 Å². The zero-order chi connectivity index (χ0) is 28.0. The van der Waals surface area contributed by atoms with Gasteiger partial charge in [0.05, 0.1) is 33.2 Å². The normalized spacial score (nSPS) is 24.0. The fourth-order valence-corrected chi connectivity index (χ4v) is 4.18. The van der Waals surface area contributed by atoms with Crippen LogP contribution in [0.2, 0.25) is 0 Å². The van der Waals surface area contributed by atoms with Crippen molar-refractivity contribution in [3.8, 4) is 5.75 Å². The van der Waals surface area contributed by atoms with Gasteiger partial charge in [-0.3, -0.25) is 4.79 Å². The summed E-state index contributed by atoms with van der Waals surface area (Å²) in [6, 6.07) is 1.99. The summed E-state index contributed by atoms with van der Waals surface area (Å²) in [5.41, 5.74) is -3.94. The number of hydrogen-bond donors (Lipinski definition) is 2. The van der Waals surface area contributed by atoms with Gasteiger partial charge in [0.2, 0.25) is 11.7 Å². The lowest BCUT2D eigenvalue weighted by molar-refractivity contribution is -0.261. The molecule has 0 bridgehead atoms. The minimum Gasteiger partial charge on any atom is -0.491 e. The van der Waals surface area contributed by atoms with E-state index in [1.807, 2.05) is 0 Å². The smallest absolute Gasteiger partial charge is 0.419 e. The Morgan fingerprint density at radius 3 is 2.68 bits per heavy atom. The highest BCUT2D eigenvalue weighted by Gasteiger charge is 2.63. The first kappa shape index (κ1) is 21.5. The molecule has 1 amide bonds. The molecular weight excluding hydrogens is 487 g/mol. The molecule has 186 valence electrons. The van der Waals surface area contributed by atoms with Gasteiger partial charge in [-0.1, -0.05) is 0 Å². The van der Waals surface area contributed by atoms with Gasteiger partial charge in [-0.05, 0) is 24.3 Å². The highest BCUT2D eigenvalue weighted by molar-refractivity contribution is 7.91. The molecule has 1 saturated heterocycles. The Kier molecular flexibility index (Phi) is 5.69. The predicted octanol–water partition coefficient (Wildman–Crippen LogP) is 3.57. The van der Waals surface area contributed by atoms with Gasteiger partial charge in [0, 0.05) is 31.6 Å². The van der Waals surface area contributed by atoms with E-state index >= 15 is 0 Å². The standard InChI is InChI=1S/C20H21F5N4O4S/c1-32-17-13(5-4-12(21)16(17)22)29-10-19(33-2,20(23,24)25)9-14(29)18(30)28-11-6-7-27-15(8-11)34(3,26)31/h4-8,14,26H,9-10H2,1-3H3,(H,27,28,30)/t14-,19+,34+/m0/s1/i2D3.